The molecule has 0 aliphatic heterocycles. The van der Waals surface area contributed by atoms with Gasteiger partial charge < -0.3 is 15.0 Å². The van der Waals surface area contributed by atoms with Gasteiger partial charge in [0.05, 0.1) is 23.5 Å². The van der Waals surface area contributed by atoms with Gasteiger partial charge in [-0.3, -0.25) is 4.79 Å². The van der Waals surface area contributed by atoms with Gasteiger partial charge in [-0.1, -0.05) is 26.0 Å². The van der Waals surface area contributed by atoms with Crippen molar-refractivity contribution in [2.24, 2.45) is 5.92 Å². The molecule has 1 amide bonds. The van der Waals surface area contributed by atoms with Gasteiger partial charge in [0.1, 0.15) is 6.54 Å². The molecule has 0 spiro atoms. The zero-order valence-electron chi connectivity index (χ0n) is 11.2. The van der Waals surface area contributed by atoms with E-state index in [-0.39, 0.29) is 24.9 Å². The Morgan fingerprint density at radius 3 is 2.89 bits per heavy atom. The summed E-state index contributed by atoms with van der Waals surface area (Å²) >= 11 is 0. The molecular weight excluding hydrogens is 242 g/mol. The predicted octanol–water partition coefficient (Wildman–Crippen LogP) is 1.17. The maximum Gasteiger partial charge on any atom is 0.240 e. The lowest BCUT2D eigenvalue weighted by Crippen LogP contribution is -2.36. The summed E-state index contributed by atoms with van der Waals surface area (Å²) < 4.78 is 1.80. The van der Waals surface area contributed by atoms with E-state index in [0.29, 0.717) is 0 Å². The number of hydrogen-bond donors (Lipinski definition) is 2. The second-order valence-corrected chi connectivity index (χ2v) is 4.98. The first kappa shape index (κ1) is 13.5. The summed E-state index contributed by atoms with van der Waals surface area (Å²) in [5.41, 5.74) is 1.81. The van der Waals surface area contributed by atoms with E-state index in [1.807, 2.05) is 38.1 Å². The van der Waals surface area contributed by atoms with Crippen molar-refractivity contribution >= 4 is 16.9 Å². The smallest absolute Gasteiger partial charge is 0.240 e. The summed E-state index contributed by atoms with van der Waals surface area (Å²) in [5.74, 6) is 0.0113. The van der Waals surface area contributed by atoms with Gasteiger partial charge in [0.2, 0.25) is 5.91 Å². The number of hydrogen-bond acceptors (Lipinski definition) is 3. The average Bonchev–Trinajstić information content (AvgIpc) is 2.79. The van der Waals surface area contributed by atoms with Crippen molar-refractivity contribution in [3.8, 4) is 0 Å². The molecule has 1 unspecified atom stereocenters. The first-order chi connectivity index (χ1) is 9.08. The van der Waals surface area contributed by atoms with Crippen LogP contribution in [-0.2, 0) is 11.3 Å². The first-order valence-corrected chi connectivity index (χ1v) is 6.42. The highest BCUT2D eigenvalue weighted by Crippen LogP contribution is 2.11. The number of aliphatic hydroxyl groups excluding tert-OH is 1. The van der Waals surface area contributed by atoms with Crippen molar-refractivity contribution in [1.29, 1.82) is 0 Å². The number of carbonyl (C=O) groups is 1. The Kier molecular flexibility index (Phi) is 4.16. The fraction of sp³-hybridized carbons (Fsp3) is 0.429. The zero-order chi connectivity index (χ0) is 13.8. The van der Waals surface area contributed by atoms with Gasteiger partial charge in [-0.25, -0.2) is 4.98 Å². The highest BCUT2D eigenvalue weighted by Gasteiger charge is 2.11. The fourth-order valence-electron chi connectivity index (χ4n) is 1.80. The standard InChI is InChI=1S/C14H19N3O2/c1-10(2)13(18)7-15-14(19)8-17-9-16-11-5-3-4-6-12(11)17/h3-6,9-10,13,18H,7-8H2,1-2H3,(H,15,19). The lowest BCUT2D eigenvalue weighted by molar-refractivity contribution is -0.122. The van der Waals surface area contributed by atoms with E-state index in [1.54, 1.807) is 10.9 Å². The molecule has 2 aromatic rings. The number of para-hydroxylation sites is 2. The molecular formula is C14H19N3O2. The number of nitrogens with zero attached hydrogens (tertiary/aromatic N) is 2. The molecule has 19 heavy (non-hydrogen) atoms. The van der Waals surface area contributed by atoms with Crippen LogP contribution < -0.4 is 5.32 Å². The molecule has 1 heterocycles. The minimum absolute atomic E-state index is 0.122. The summed E-state index contributed by atoms with van der Waals surface area (Å²) in [5, 5.41) is 12.4. The lowest BCUT2D eigenvalue weighted by atomic mass is 10.1. The minimum atomic E-state index is -0.511. The summed E-state index contributed by atoms with van der Waals surface area (Å²) in [6.07, 6.45) is 1.15. The minimum Gasteiger partial charge on any atom is -0.391 e. The van der Waals surface area contributed by atoms with Crippen molar-refractivity contribution in [3.63, 3.8) is 0 Å². The molecule has 0 saturated carbocycles. The average molecular weight is 261 g/mol. The van der Waals surface area contributed by atoms with Crippen LogP contribution in [0, 0.1) is 5.92 Å². The molecule has 5 heteroatoms. The van der Waals surface area contributed by atoms with Crippen LogP contribution in [0.4, 0.5) is 0 Å². The van der Waals surface area contributed by atoms with Gasteiger partial charge in [0.15, 0.2) is 0 Å². The molecule has 0 fully saturated rings. The normalized spacial score (nSPS) is 12.8. The van der Waals surface area contributed by atoms with Crippen LogP contribution in [0.15, 0.2) is 30.6 Å². The number of fused-ring (bicyclic) bond motifs is 1. The third kappa shape index (κ3) is 3.32. The molecule has 0 saturated heterocycles. The maximum atomic E-state index is 11.8. The number of rotatable bonds is 5. The van der Waals surface area contributed by atoms with E-state index in [9.17, 15) is 9.90 Å². The van der Waals surface area contributed by atoms with Gasteiger partial charge in [-0.2, -0.15) is 0 Å². The second kappa shape index (κ2) is 5.84. The number of amides is 1. The van der Waals surface area contributed by atoms with Crippen LogP contribution in [0.2, 0.25) is 0 Å². The van der Waals surface area contributed by atoms with Crippen molar-refractivity contribution in [2.75, 3.05) is 6.54 Å². The van der Waals surface area contributed by atoms with E-state index < -0.39 is 6.10 Å². The van der Waals surface area contributed by atoms with Crippen LogP contribution in [0.1, 0.15) is 13.8 Å². The zero-order valence-corrected chi connectivity index (χ0v) is 11.2. The van der Waals surface area contributed by atoms with Crippen LogP contribution >= 0.6 is 0 Å². The van der Waals surface area contributed by atoms with Gasteiger partial charge in [0, 0.05) is 6.54 Å². The summed E-state index contributed by atoms with van der Waals surface area (Å²) in [4.78, 5) is 16.0. The molecule has 1 aromatic carbocycles. The number of imidazole rings is 1. The largest absolute Gasteiger partial charge is 0.391 e. The summed E-state index contributed by atoms with van der Waals surface area (Å²) in [6.45, 7) is 4.33. The molecule has 0 aliphatic carbocycles. The van der Waals surface area contributed by atoms with Crippen LogP contribution in [0.5, 0.6) is 0 Å². The van der Waals surface area contributed by atoms with E-state index in [2.05, 4.69) is 10.3 Å². The molecule has 102 valence electrons. The number of aromatic nitrogens is 2. The Morgan fingerprint density at radius 1 is 1.42 bits per heavy atom. The molecule has 2 rings (SSSR count). The predicted molar refractivity (Wildman–Crippen MR) is 73.6 cm³/mol. The van der Waals surface area contributed by atoms with Gasteiger partial charge in [-0.05, 0) is 18.1 Å². The van der Waals surface area contributed by atoms with Gasteiger partial charge in [-0.15, -0.1) is 0 Å². The van der Waals surface area contributed by atoms with Crippen LogP contribution in [0.25, 0.3) is 11.0 Å². The lowest BCUT2D eigenvalue weighted by Gasteiger charge is -2.15. The second-order valence-electron chi connectivity index (χ2n) is 4.98. The molecule has 1 aromatic heterocycles. The molecule has 2 N–H and O–H groups in total. The number of carbonyl (C=O) groups excluding carboxylic acids is 1. The topological polar surface area (TPSA) is 67.2 Å². The molecule has 1 atom stereocenters. The Balaban J connectivity index is 1.96. The van der Waals surface area contributed by atoms with E-state index in [4.69, 9.17) is 0 Å². The third-order valence-corrected chi connectivity index (χ3v) is 3.12. The van der Waals surface area contributed by atoms with Gasteiger partial charge >= 0.3 is 0 Å². The number of nitrogens with one attached hydrogen (secondary N) is 1. The van der Waals surface area contributed by atoms with Crippen molar-refractivity contribution in [2.45, 2.75) is 26.5 Å². The van der Waals surface area contributed by atoms with Crippen molar-refractivity contribution in [3.05, 3.63) is 30.6 Å². The van der Waals surface area contributed by atoms with E-state index in [1.165, 1.54) is 0 Å². The molecule has 0 radical (unpaired) electrons. The SMILES string of the molecule is CC(C)C(O)CNC(=O)Cn1cnc2ccccc21. The maximum absolute atomic E-state index is 11.8. The Hall–Kier alpha value is -1.88. The van der Waals surface area contributed by atoms with Crippen molar-refractivity contribution < 1.29 is 9.90 Å². The highest BCUT2D eigenvalue weighted by atomic mass is 16.3. The Morgan fingerprint density at radius 2 is 2.16 bits per heavy atom. The number of benzene rings is 1. The summed E-state index contributed by atoms with van der Waals surface area (Å²) in [7, 11) is 0. The number of aliphatic hydroxyl groups is 1. The van der Waals surface area contributed by atoms with Crippen LogP contribution in [-0.4, -0.2) is 33.2 Å². The third-order valence-electron chi connectivity index (χ3n) is 3.12. The molecule has 0 bridgehead atoms. The summed E-state index contributed by atoms with van der Waals surface area (Å²) in [6, 6.07) is 7.67. The monoisotopic (exact) mass is 261 g/mol. The first-order valence-electron chi connectivity index (χ1n) is 6.42. The molecule has 0 aliphatic rings. The fourth-order valence-corrected chi connectivity index (χ4v) is 1.80. The highest BCUT2D eigenvalue weighted by molar-refractivity contribution is 5.80. The van der Waals surface area contributed by atoms with Gasteiger partial charge in [0.25, 0.3) is 0 Å². The van der Waals surface area contributed by atoms with Crippen LogP contribution in [0.3, 0.4) is 0 Å². The Labute approximate surface area is 112 Å². The quantitative estimate of drug-likeness (QED) is 0.849. The molecule has 5 nitrogen and oxygen atoms in total. The van der Waals surface area contributed by atoms with E-state index in [0.717, 1.165) is 11.0 Å². The van der Waals surface area contributed by atoms with Crippen molar-refractivity contribution in [1.82, 2.24) is 14.9 Å². The van der Waals surface area contributed by atoms with E-state index >= 15 is 0 Å². The Bertz CT molecular complexity index is 563.